The van der Waals surface area contributed by atoms with E-state index in [9.17, 15) is 0 Å². The minimum atomic E-state index is 0.504. The van der Waals surface area contributed by atoms with Crippen molar-refractivity contribution in [3.63, 3.8) is 0 Å². The molecular formula is C12H16BrClO3. The summed E-state index contributed by atoms with van der Waals surface area (Å²) >= 11 is 9.44. The molecule has 0 saturated carbocycles. The Kier molecular flexibility index (Phi) is 7.60. The molecule has 0 heterocycles. The number of benzene rings is 1. The van der Waals surface area contributed by atoms with Crippen molar-refractivity contribution in [2.75, 3.05) is 33.5 Å². The predicted molar refractivity (Wildman–Crippen MR) is 72.3 cm³/mol. The van der Waals surface area contributed by atoms with Gasteiger partial charge in [0.05, 0.1) is 19.8 Å². The minimum absolute atomic E-state index is 0.504. The summed E-state index contributed by atoms with van der Waals surface area (Å²) in [7, 11) is 1.65. The van der Waals surface area contributed by atoms with Gasteiger partial charge in [0.25, 0.3) is 0 Å². The van der Waals surface area contributed by atoms with Gasteiger partial charge in [0.1, 0.15) is 12.4 Å². The molecule has 0 atom stereocenters. The number of alkyl halides is 1. The van der Waals surface area contributed by atoms with Crippen molar-refractivity contribution in [3.8, 4) is 5.75 Å². The minimum Gasteiger partial charge on any atom is -0.491 e. The molecular weight excluding hydrogens is 307 g/mol. The Morgan fingerprint density at radius 2 is 1.94 bits per heavy atom. The molecule has 0 spiro atoms. The Labute approximate surface area is 115 Å². The standard InChI is InChI=1S/C12H16BrClO3/c1-15-5-6-16-7-8-17-12-4-2-3-11(14)10(12)9-13/h2-4H,5-9H2,1H3. The maximum Gasteiger partial charge on any atom is 0.124 e. The monoisotopic (exact) mass is 322 g/mol. The van der Waals surface area contributed by atoms with Gasteiger partial charge in [-0.3, -0.25) is 0 Å². The maximum atomic E-state index is 6.05. The summed E-state index contributed by atoms with van der Waals surface area (Å²) < 4.78 is 15.8. The second kappa shape index (κ2) is 8.75. The molecule has 0 N–H and O–H groups in total. The van der Waals surface area contributed by atoms with E-state index < -0.39 is 0 Å². The number of hydrogen-bond acceptors (Lipinski definition) is 3. The van der Waals surface area contributed by atoms with Crippen LogP contribution in [0.4, 0.5) is 0 Å². The van der Waals surface area contributed by atoms with Crippen LogP contribution < -0.4 is 4.74 Å². The second-order valence-electron chi connectivity index (χ2n) is 3.30. The molecule has 1 aromatic rings. The summed E-state index contributed by atoms with van der Waals surface area (Å²) in [5.74, 6) is 0.796. The van der Waals surface area contributed by atoms with Crippen LogP contribution in [0.2, 0.25) is 5.02 Å². The quantitative estimate of drug-likeness (QED) is 0.543. The van der Waals surface area contributed by atoms with E-state index in [-0.39, 0.29) is 0 Å². The Hall–Kier alpha value is -0.290. The fourth-order valence-corrected chi connectivity index (χ4v) is 2.23. The lowest BCUT2D eigenvalue weighted by atomic mass is 10.2. The first-order valence-corrected chi connectivity index (χ1v) is 6.82. The third kappa shape index (κ3) is 5.25. The van der Waals surface area contributed by atoms with Crippen LogP contribution in [-0.2, 0) is 14.8 Å². The van der Waals surface area contributed by atoms with Crippen LogP contribution in [-0.4, -0.2) is 33.5 Å². The van der Waals surface area contributed by atoms with Gasteiger partial charge in [-0.05, 0) is 12.1 Å². The van der Waals surface area contributed by atoms with Crippen LogP contribution in [0.1, 0.15) is 5.56 Å². The van der Waals surface area contributed by atoms with E-state index in [2.05, 4.69) is 15.9 Å². The van der Waals surface area contributed by atoms with Crippen molar-refractivity contribution >= 4 is 27.5 Å². The van der Waals surface area contributed by atoms with Gasteiger partial charge in [-0.2, -0.15) is 0 Å². The van der Waals surface area contributed by atoms with Gasteiger partial charge in [-0.15, -0.1) is 0 Å². The molecule has 0 aliphatic carbocycles. The molecule has 1 rings (SSSR count). The summed E-state index contributed by atoms with van der Waals surface area (Å²) in [5.41, 5.74) is 0.964. The van der Waals surface area contributed by atoms with E-state index in [1.807, 2.05) is 18.2 Å². The highest BCUT2D eigenvalue weighted by atomic mass is 79.9. The highest BCUT2D eigenvalue weighted by molar-refractivity contribution is 9.08. The molecule has 17 heavy (non-hydrogen) atoms. The zero-order valence-corrected chi connectivity index (χ0v) is 12.1. The third-order valence-corrected chi connectivity index (χ3v) is 3.04. The van der Waals surface area contributed by atoms with Crippen molar-refractivity contribution in [1.29, 1.82) is 0 Å². The molecule has 0 bridgehead atoms. The van der Waals surface area contributed by atoms with Crippen LogP contribution in [0.5, 0.6) is 5.75 Å². The number of hydrogen-bond donors (Lipinski definition) is 0. The normalized spacial score (nSPS) is 10.5. The van der Waals surface area contributed by atoms with Crippen molar-refractivity contribution in [2.45, 2.75) is 5.33 Å². The molecule has 0 aromatic heterocycles. The topological polar surface area (TPSA) is 27.7 Å². The summed E-state index contributed by atoms with van der Waals surface area (Å²) in [6.45, 7) is 2.23. The second-order valence-corrected chi connectivity index (χ2v) is 4.27. The van der Waals surface area contributed by atoms with Crippen LogP contribution in [0.15, 0.2) is 18.2 Å². The number of ether oxygens (including phenoxy) is 3. The average molecular weight is 324 g/mol. The molecule has 0 aliphatic rings. The highest BCUT2D eigenvalue weighted by Gasteiger charge is 2.06. The largest absolute Gasteiger partial charge is 0.491 e. The van der Waals surface area contributed by atoms with Gasteiger partial charge in [0, 0.05) is 23.0 Å². The van der Waals surface area contributed by atoms with E-state index in [1.165, 1.54) is 0 Å². The predicted octanol–water partition coefficient (Wildman–Crippen LogP) is 3.28. The zero-order valence-electron chi connectivity index (χ0n) is 9.75. The van der Waals surface area contributed by atoms with Gasteiger partial charge in [0.15, 0.2) is 0 Å². The average Bonchev–Trinajstić information content (AvgIpc) is 2.34. The van der Waals surface area contributed by atoms with Crippen LogP contribution >= 0.6 is 27.5 Å². The first kappa shape index (κ1) is 14.8. The van der Waals surface area contributed by atoms with Crippen LogP contribution in [0.25, 0.3) is 0 Å². The zero-order chi connectivity index (χ0) is 12.5. The molecule has 0 saturated heterocycles. The summed E-state index contributed by atoms with van der Waals surface area (Å²) in [4.78, 5) is 0. The first-order valence-electron chi connectivity index (χ1n) is 5.32. The lowest BCUT2D eigenvalue weighted by Gasteiger charge is -2.11. The SMILES string of the molecule is COCCOCCOc1cccc(Cl)c1CBr. The molecule has 1 aromatic carbocycles. The van der Waals surface area contributed by atoms with Gasteiger partial charge in [-0.25, -0.2) is 0 Å². The fraction of sp³-hybridized carbons (Fsp3) is 0.500. The Morgan fingerprint density at radius 1 is 1.18 bits per heavy atom. The Balaban J connectivity index is 2.33. The molecule has 3 nitrogen and oxygen atoms in total. The van der Waals surface area contributed by atoms with Crippen molar-refractivity contribution in [3.05, 3.63) is 28.8 Å². The van der Waals surface area contributed by atoms with Crippen molar-refractivity contribution in [1.82, 2.24) is 0 Å². The van der Waals surface area contributed by atoms with E-state index in [0.717, 1.165) is 11.3 Å². The van der Waals surface area contributed by atoms with Crippen LogP contribution in [0, 0.1) is 0 Å². The smallest absolute Gasteiger partial charge is 0.124 e. The summed E-state index contributed by atoms with van der Waals surface area (Å²) in [6, 6.07) is 5.62. The molecule has 0 amide bonds. The van der Waals surface area contributed by atoms with Crippen molar-refractivity contribution < 1.29 is 14.2 Å². The number of methoxy groups -OCH3 is 1. The molecule has 0 unspecified atom stereocenters. The molecule has 0 fully saturated rings. The summed E-state index contributed by atoms with van der Waals surface area (Å²) in [6.07, 6.45) is 0. The Morgan fingerprint density at radius 3 is 2.65 bits per heavy atom. The highest BCUT2D eigenvalue weighted by Crippen LogP contribution is 2.28. The number of rotatable bonds is 8. The van der Waals surface area contributed by atoms with E-state index in [0.29, 0.717) is 36.8 Å². The first-order chi connectivity index (χ1) is 8.29. The van der Waals surface area contributed by atoms with Crippen molar-refractivity contribution in [2.24, 2.45) is 0 Å². The van der Waals surface area contributed by atoms with E-state index in [4.69, 9.17) is 25.8 Å². The lowest BCUT2D eigenvalue weighted by Crippen LogP contribution is -2.10. The molecule has 5 heteroatoms. The molecule has 0 aliphatic heterocycles. The van der Waals surface area contributed by atoms with Crippen LogP contribution in [0.3, 0.4) is 0 Å². The third-order valence-electron chi connectivity index (χ3n) is 2.13. The fourth-order valence-electron chi connectivity index (χ4n) is 1.26. The molecule has 0 radical (unpaired) electrons. The lowest BCUT2D eigenvalue weighted by molar-refractivity contribution is 0.0543. The van der Waals surface area contributed by atoms with E-state index in [1.54, 1.807) is 7.11 Å². The molecule has 96 valence electrons. The Bertz CT molecular complexity index is 334. The maximum absolute atomic E-state index is 6.05. The van der Waals surface area contributed by atoms with Gasteiger partial charge < -0.3 is 14.2 Å². The van der Waals surface area contributed by atoms with Gasteiger partial charge in [0.2, 0.25) is 0 Å². The number of halogens is 2. The van der Waals surface area contributed by atoms with E-state index >= 15 is 0 Å². The van der Waals surface area contributed by atoms with Gasteiger partial charge >= 0.3 is 0 Å². The van der Waals surface area contributed by atoms with Gasteiger partial charge in [-0.1, -0.05) is 33.6 Å². The summed E-state index contributed by atoms with van der Waals surface area (Å²) in [5, 5.41) is 1.38.